The van der Waals surface area contributed by atoms with Crippen LogP contribution in [0.15, 0.2) is 12.4 Å². The first-order valence-corrected chi connectivity index (χ1v) is 5.99. The van der Waals surface area contributed by atoms with Crippen LogP contribution in [-0.4, -0.2) is 15.6 Å². The molecule has 0 aromatic carbocycles. The highest BCUT2D eigenvalue weighted by molar-refractivity contribution is 9.10. The van der Waals surface area contributed by atoms with Crippen molar-refractivity contribution in [2.24, 2.45) is 0 Å². The molecular formula is C11H13BrClNO. The smallest absolute Gasteiger partial charge is 0.144 e. The van der Waals surface area contributed by atoms with Crippen LogP contribution in [0.1, 0.15) is 30.9 Å². The molecule has 2 nitrogen and oxygen atoms in total. The van der Waals surface area contributed by atoms with Gasteiger partial charge in [0.1, 0.15) is 5.78 Å². The molecular weight excluding hydrogens is 277 g/mol. The molecule has 0 aliphatic carbocycles. The van der Waals surface area contributed by atoms with Crippen LogP contribution in [0, 0.1) is 6.92 Å². The second-order valence-corrected chi connectivity index (χ2v) is 5.03. The van der Waals surface area contributed by atoms with Crippen LogP contribution < -0.4 is 0 Å². The topological polar surface area (TPSA) is 30.0 Å². The summed E-state index contributed by atoms with van der Waals surface area (Å²) >= 11 is 9.36. The Balaban J connectivity index is 3.06. The number of nitrogens with zero attached hydrogens (tertiary/aromatic N) is 1. The van der Waals surface area contributed by atoms with Crippen LogP contribution in [0.2, 0.25) is 5.02 Å². The van der Waals surface area contributed by atoms with E-state index in [0.29, 0.717) is 5.02 Å². The van der Waals surface area contributed by atoms with E-state index in [9.17, 15) is 4.79 Å². The second kappa shape index (κ2) is 5.08. The van der Waals surface area contributed by atoms with Crippen molar-refractivity contribution >= 4 is 33.3 Å². The number of rotatable bonds is 3. The van der Waals surface area contributed by atoms with Crippen molar-refractivity contribution in [1.29, 1.82) is 0 Å². The fourth-order valence-electron chi connectivity index (χ4n) is 1.48. The van der Waals surface area contributed by atoms with Gasteiger partial charge >= 0.3 is 0 Å². The van der Waals surface area contributed by atoms with Gasteiger partial charge in [-0.1, -0.05) is 34.5 Å². The summed E-state index contributed by atoms with van der Waals surface area (Å²) in [5.41, 5.74) is 2.00. The van der Waals surface area contributed by atoms with Crippen molar-refractivity contribution in [3.63, 3.8) is 0 Å². The van der Waals surface area contributed by atoms with Crippen molar-refractivity contribution in [2.45, 2.75) is 31.5 Å². The van der Waals surface area contributed by atoms with Crippen molar-refractivity contribution in [1.82, 2.24) is 4.98 Å². The molecule has 0 spiro atoms. The molecule has 2 unspecified atom stereocenters. The van der Waals surface area contributed by atoms with Gasteiger partial charge in [0.05, 0.1) is 9.85 Å². The molecule has 0 bridgehead atoms. The zero-order chi connectivity index (χ0) is 11.6. The molecule has 0 aliphatic heterocycles. The number of hydrogen-bond donors (Lipinski definition) is 0. The lowest BCUT2D eigenvalue weighted by Gasteiger charge is -2.18. The fraction of sp³-hybridized carbons (Fsp3) is 0.455. The highest BCUT2D eigenvalue weighted by Crippen LogP contribution is 2.29. The Hall–Kier alpha value is -0.410. The lowest BCUT2D eigenvalue weighted by Crippen LogP contribution is -2.18. The minimum atomic E-state index is -0.184. The first-order valence-electron chi connectivity index (χ1n) is 4.69. The third kappa shape index (κ3) is 2.79. The number of ketones is 1. The quantitative estimate of drug-likeness (QED) is 0.798. The number of carbonyl (C=O) groups excluding carboxylic acids is 1. The lowest BCUT2D eigenvalue weighted by molar-refractivity contribution is -0.116. The van der Waals surface area contributed by atoms with E-state index in [1.165, 1.54) is 0 Å². The van der Waals surface area contributed by atoms with Crippen molar-refractivity contribution in [3.8, 4) is 0 Å². The van der Waals surface area contributed by atoms with E-state index in [1.54, 1.807) is 19.3 Å². The minimum absolute atomic E-state index is 0.0775. The van der Waals surface area contributed by atoms with E-state index in [0.717, 1.165) is 11.1 Å². The van der Waals surface area contributed by atoms with E-state index >= 15 is 0 Å². The molecule has 0 amide bonds. The number of pyridine rings is 1. The van der Waals surface area contributed by atoms with E-state index in [-0.39, 0.29) is 16.5 Å². The van der Waals surface area contributed by atoms with Gasteiger partial charge < -0.3 is 0 Å². The zero-order valence-corrected chi connectivity index (χ0v) is 11.3. The monoisotopic (exact) mass is 289 g/mol. The molecule has 15 heavy (non-hydrogen) atoms. The number of carbonyl (C=O) groups is 1. The van der Waals surface area contributed by atoms with Crippen LogP contribution in [0.5, 0.6) is 0 Å². The Kier molecular flexibility index (Phi) is 4.29. The molecule has 0 radical (unpaired) electrons. The van der Waals surface area contributed by atoms with Gasteiger partial charge in [-0.25, -0.2) is 0 Å². The molecule has 1 rings (SSSR count). The van der Waals surface area contributed by atoms with Crippen LogP contribution >= 0.6 is 27.5 Å². The average molecular weight is 291 g/mol. The number of aromatic nitrogens is 1. The summed E-state index contributed by atoms with van der Waals surface area (Å²) in [6, 6.07) is 0. The van der Waals surface area contributed by atoms with Gasteiger partial charge in [-0.3, -0.25) is 9.78 Å². The standard InChI is InChI=1S/C11H13BrClNO/c1-6-9(4-14-5-10(6)13)7(2)11(12)8(3)15/h4-5,7,11H,1-3H3. The Morgan fingerprint density at radius 1 is 1.53 bits per heavy atom. The Morgan fingerprint density at radius 2 is 2.13 bits per heavy atom. The summed E-state index contributed by atoms with van der Waals surface area (Å²) in [6.07, 6.45) is 3.38. The van der Waals surface area contributed by atoms with Gasteiger partial charge in [-0.15, -0.1) is 0 Å². The van der Waals surface area contributed by atoms with Crippen LogP contribution in [-0.2, 0) is 4.79 Å². The third-order valence-corrected chi connectivity index (χ3v) is 4.33. The number of hydrogen-bond acceptors (Lipinski definition) is 2. The second-order valence-electron chi connectivity index (χ2n) is 3.64. The lowest BCUT2D eigenvalue weighted by atomic mass is 9.94. The summed E-state index contributed by atoms with van der Waals surface area (Å²) < 4.78 is 0. The van der Waals surface area contributed by atoms with E-state index in [2.05, 4.69) is 20.9 Å². The summed E-state index contributed by atoms with van der Waals surface area (Å²) in [5.74, 6) is 0.190. The molecule has 82 valence electrons. The fourth-order valence-corrected chi connectivity index (χ4v) is 1.93. The third-order valence-electron chi connectivity index (χ3n) is 2.51. The highest BCUT2D eigenvalue weighted by Gasteiger charge is 2.22. The molecule has 0 N–H and O–H groups in total. The normalized spacial score (nSPS) is 14.7. The largest absolute Gasteiger partial charge is 0.299 e. The zero-order valence-electron chi connectivity index (χ0n) is 8.92. The van der Waals surface area contributed by atoms with Crippen LogP contribution in [0.4, 0.5) is 0 Å². The predicted octanol–water partition coefficient (Wildman–Crippen LogP) is 3.50. The number of halogens is 2. The first kappa shape index (κ1) is 12.7. The van der Waals surface area contributed by atoms with Gasteiger partial charge in [-0.2, -0.15) is 0 Å². The molecule has 1 aromatic rings. The van der Waals surface area contributed by atoms with Crippen LogP contribution in [0.3, 0.4) is 0 Å². The van der Waals surface area contributed by atoms with E-state index < -0.39 is 0 Å². The number of alkyl halides is 1. The summed E-state index contributed by atoms with van der Waals surface area (Å²) in [6.45, 7) is 5.50. The first-order chi connectivity index (χ1) is 6.95. The summed E-state index contributed by atoms with van der Waals surface area (Å²) in [4.78, 5) is 15.1. The van der Waals surface area contributed by atoms with E-state index in [4.69, 9.17) is 11.6 Å². The molecule has 1 aromatic heterocycles. The van der Waals surface area contributed by atoms with Crippen LogP contribution in [0.25, 0.3) is 0 Å². The van der Waals surface area contributed by atoms with Crippen molar-refractivity contribution in [2.75, 3.05) is 0 Å². The Bertz CT molecular complexity index is 381. The summed E-state index contributed by atoms with van der Waals surface area (Å²) in [5, 5.41) is 0.641. The average Bonchev–Trinajstić information content (AvgIpc) is 2.20. The maximum absolute atomic E-state index is 11.3. The van der Waals surface area contributed by atoms with Crippen molar-refractivity contribution in [3.05, 3.63) is 28.5 Å². The Labute approximate surface area is 103 Å². The Morgan fingerprint density at radius 3 is 2.67 bits per heavy atom. The van der Waals surface area contributed by atoms with Gasteiger partial charge in [0, 0.05) is 18.3 Å². The van der Waals surface area contributed by atoms with Gasteiger partial charge in [0.25, 0.3) is 0 Å². The predicted molar refractivity (Wildman–Crippen MR) is 65.8 cm³/mol. The van der Waals surface area contributed by atoms with Gasteiger partial charge in [0.15, 0.2) is 0 Å². The maximum Gasteiger partial charge on any atom is 0.144 e. The molecule has 2 atom stereocenters. The summed E-state index contributed by atoms with van der Waals surface area (Å²) in [7, 11) is 0. The molecule has 0 fully saturated rings. The number of Topliss-reactive ketones (excluding diaryl/α,β-unsaturated/α-hetero) is 1. The van der Waals surface area contributed by atoms with Gasteiger partial charge in [-0.05, 0) is 25.0 Å². The van der Waals surface area contributed by atoms with Gasteiger partial charge in [0.2, 0.25) is 0 Å². The van der Waals surface area contributed by atoms with Crippen molar-refractivity contribution < 1.29 is 4.79 Å². The van der Waals surface area contributed by atoms with E-state index in [1.807, 2.05) is 13.8 Å². The molecule has 1 heterocycles. The maximum atomic E-state index is 11.3. The minimum Gasteiger partial charge on any atom is -0.299 e. The SMILES string of the molecule is CC(=O)C(Br)C(C)c1cncc(Cl)c1C. The molecule has 4 heteroatoms. The molecule has 0 saturated carbocycles. The molecule has 0 saturated heterocycles. The highest BCUT2D eigenvalue weighted by atomic mass is 79.9. The molecule has 0 aliphatic rings.